The molecule has 11 heavy (non-hydrogen) atoms. The Labute approximate surface area is 69.7 Å². The molecule has 5 heteroatoms. The highest BCUT2D eigenvalue weighted by Gasteiger charge is 1.78. The summed E-state index contributed by atoms with van der Waals surface area (Å²) >= 11 is 0. The van der Waals surface area contributed by atoms with Gasteiger partial charge in [0.15, 0.2) is 0 Å². The van der Waals surface area contributed by atoms with E-state index in [0.29, 0.717) is 0 Å². The highest BCUT2D eigenvalue weighted by atomic mass is 32.2. The van der Waals surface area contributed by atoms with Crippen molar-refractivity contribution in [2.75, 3.05) is 13.2 Å². The van der Waals surface area contributed by atoms with Gasteiger partial charge < -0.3 is 5.11 Å². The van der Waals surface area contributed by atoms with Gasteiger partial charge in [0, 0.05) is 6.54 Å². The monoisotopic (exact) mass is 183 g/mol. The van der Waals surface area contributed by atoms with Crippen LogP contribution in [0, 0.1) is 0 Å². The summed E-state index contributed by atoms with van der Waals surface area (Å²) in [6, 6.07) is 0. The smallest absolute Gasteiger partial charge is 0.201 e. The van der Waals surface area contributed by atoms with Crippen molar-refractivity contribution in [1.82, 2.24) is 4.72 Å². The van der Waals surface area contributed by atoms with E-state index < -0.39 is 10.9 Å². The highest BCUT2D eigenvalue weighted by Crippen LogP contribution is 1.76. The molecule has 0 aliphatic carbocycles. The van der Waals surface area contributed by atoms with E-state index in [4.69, 9.17) is 5.11 Å². The number of hydrogen-bond donors (Lipinski definition) is 3. The molecular formula is C6H17NO3S. The Balaban J connectivity index is 0. The van der Waals surface area contributed by atoms with E-state index >= 15 is 0 Å². The Hall–Kier alpha value is -0.130. The lowest BCUT2D eigenvalue weighted by Gasteiger charge is -1.85. The van der Waals surface area contributed by atoms with E-state index in [0.717, 1.165) is 0 Å². The number of hydrogen-bond acceptors (Lipinski definition) is 3. The van der Waals surface area contributed by atoms with E-state index in [1.807, 2.05) is 4.72 Å². The number of nitrogens with one attached hydrogen (secondary N) is 1. The van der Waals surface area contributed by atoms with Crippen LogP contribution in [-0.4, -0.2) is 26.7 Å². The molecule has 0 atom stereocenters. The van der Waals surface area contributed by atoms with Gasteiger partial charge in [-0.1, -0.05) is 26.7 Å². The maximum absolute atomic E-state index is 9.57. The van der Waals surface area contributed by atoms with E-state index in [9.17, 15) is 8.42 Å². The van der Waals surface area contributed by atoms with Crippen LogP contribution in [-0.2, 0) is 10.9 Å². The highest BCUT2D eigenvalue weighted by molar-refractivity contribution is 7.70. The fraction of sp³-hybridized carbons (Fsp3) is 1.00. The summed E-state index contributed by atoms with van der Waals surface area (Å²) in [4.78, 5) is 0. The second kappa shape index (κ2) is 12.5. The second-order valence-electron chi connectivity index (χ2n) is 1.89. The molecule has 70 valence electrons. The number of rotatable bonds is 4. The Kier molecular flexibility index (Phi) is 15.3. The summed E-state index contributed by atoms with van der Waals surface area (Å²) < 4.78 is 21.1. The Morgan fingerprint density at radius 1 is 1.27 bits per heavy atom. The predicted molar refractivity (Wildman–Crippen MR) is 46.0 cm³/mol. The van der Waals surface area contributed by atoms with Crippen molar-refractivity contribution in [3.05, 3.63) is 0 Å². The number of aliphatic hydroxyl groups excluding tert-OH is 1. The molecule has 0 aromatic carbocycles. The molecule has 2 N–H and O–H groups in total. The number of thiol groups is 1. The Morgan fingerprint density at radius 2 is 1.73 bits per heavy atom. The van der Waals surface area contributed by atoms with Gasteiger partial charge in [-0.3, -0.25) is 0 Å². The van der Waals surface area contributed by atoms with Gasteiger partial charge in [0.2, 0.25) is 10.9 Å². The minimum Gasteiger partial charge on any atom is -0.395 e. The lowest BCUT2D eigenvalue weighted by molar-refractivity contribution is 0.301. The van der Waals surface area contributed by atoms with E-state index in [2.05, 4.69) is 13.8 Å². The van der Waals surface area contributed by atoms with Crippen LogP contribution in [0.4, 0.5) is 0 Å². The summed E-state index contributed by atoms with van der Waals surface area (Å²) in [5.41, 5.74) is 0. The molecular weight excluding hydrogens is 166 g/mol. The molecule has 0 bridgehead atoms. The van der Waals surface area contributed by atoms with Gasteiger partial charge in [0.25, 0.3) is 0 Å². The van der Waals surface area contributed by atoms with Crippen LogP contribution >= 0.6 is 0 Å². The summed E-state index contributed by atoms with van der Waals surface area (Å²) in [6.07, 6.45) is 2.64. The van der Waals surface area contributed by atoms with E-state index in [1.54, 1.807) is 0 Å². The van der Waals surface area contributed by atoms with Gasteiger partial charge in [-0.2, -0.15) is 0 Å². The van der Waals surface area contributed by atoms with Gasteiger partial charge in [-0.05, 0) is 0 Å². The van der Waals surface area contributed by atoms with Crippen LogP contribution in [0.15, 0.2) is 0 Å². The van der Waals surface area contributed by atoms with Crippen LogP contribution in [0.1, 0.15) is 26.7 Å². The molecule has 4 nitrogen and oxygen atoms in total. The molecule has 0 saturated heterocycles. The minimum atomic E-state index is -2.52. The topological polar surface area (TPSA) is 66.4 Å². The molecule has 0 radical (unpaired) electrons. The normalized spacial score (nSPS) is 9.09. The van der Waals surface area contributed by atoms with Crippen LogP contribution in [0.3, 0.4) is 0 Å². The molecule has 0 amide bonds. The average molecular weight is 183 g/mol. The van der Waals surface area contributed by atoms with Gasteiger partial charge >= 0.3 is 0 Å². The molecule has 0 aromatic heterocycles. The largest absolute Gasteiger partial charge is 0.395 e. The zero-order chi connectivity index (χ0) is 9.11. The standard InChI is InChI=1S/C4H10.C2H7NO3S/c1-3-4-2;4-2-1-3-7(5)6/h3-4H2,1-2H3;4,7H,1-2H2,(H,3,5,6). The van der Waals surface area contributed by atoms with Crippen molar-refractivity contribution >= 4 is 10.9 Å². The first-order chi connectivity index (χ1) is 5.18. The maximum Gasteiger partial charge on any atom is 0.201 e. The van der Waals surface area contributed by atoms with Gasteiger partial charge in [0.1, 0.15) is 0 Å². The van der Waals surface area contributed by atoms with Gasteiger partial charge in [-0.15, -0.1) is 0 Å². The third-order valence-corrected chi connectivity index (χ3v) is 1.33. The quantitative estimate of drug-likeness (QED) is 0.533. The van der Waals surface area contributed by atoms with Crippen LogP contribution in [0.5, 0.6) is 0 Å². The van der Waals surface area contributed by atoms with E-state index in [-0.39, 0.29) is 13.2 Å². The van der Waals surface area contributed by atoms with Crippen molar-refractivity contribution < 1.29 is 13.5 Å². The Morgan fingerprint density at radius 3 is 1.82 bits per heavy atom. The lowest BCUT2D eigenvalue weighted by atomic mass is 10.4. The van der Waals surface area contributed by atoms with E-state index in [1.165, 1.54) is 12.8 Å². The summed E-state index contributed by atoms with van der Waals surface area (Å²) in [5.74, 6) is 0. The van der Waals surface area contributed by atoms with Gasteiger partial charge in [0.05, 0.1) is 6.61 Å². The molecule has 0 unspecified atom stereocenters. The van der Waals surface area contributed by atoms with Crippen molar-refractivity contribution in [2.45, 2.75) is 26.7 Å². The van der Waals surface area contributed by atoms with Crippen molar-refractivity contribution in [3.63, 3.8) is 0 Å². The summed E-state index contributed by atoms with van der Waals surface area (Å²) in [6.45, 7) is 4.32. The molecule has 0 saturated carbocycles. The second-order valence-corrected chi connectivity index (χ2v) is 2.72. The van der Waals surface area contributed by atoms with Crippen molar-refractivity contribution in [2.24, 2.45) is 0 Å². The van der Waals surface area contributed by atoms with Crippen molar-refractivity contribution in [1.29, 1.82) is 0 Å². The average Bonchev–Trinajstić information content (AvgIpc) is 2.01. The molecule has 0 spiro atoms. The summed E-state index contributed by atoms with van der Waals surface area (Å²) in [5, 5.41) is 7.99. The number of unbranched alkanes of at least 4 members (excludes halogenated alkanes) is 1. The SMILES string of the molecule is CCCC.O=[SH](=O)NCCO. The first-order valence-electron chi connectivity index (χ1n) is 3.67. The molecule has 0 fully saturated rings. The minimum absolute atomic E-state index is 0.110. The summed E-state index contributed by atoms with van der Waals surface area (Å²) in [7, 11) is -2.52. The molecule has 0 aliphatic rings. The molecule has 0 heterocycles. The fourth-order valence-corrected chi connectivity index (χ4v) is 0.424. The zero-order valence-corrected chi connectivity index (χ0v) is 7.93. The molecule has 0 rings (SSSR count). The van der Waals surface area contributed by atoms with Crippen LogP contribution in [0.2, 0.25) is 0 Å². The predicted octanol–water partition coefficient (Wildman–Crippen LogP) is -0.0989. The third kappa shape index (κ3) is 25.8. The van der Waals surface area contributed by atoms with Crippen molar-refractivity contribution in [3.8, 4) is 0 Å². The first kappa shape index (κ1) is 13.5. The molecule has 0 aromatic rings. The fourth-order valence-electron chi connectivity index (χ4n) is 0.141. The lowest BCUT2D eigenvalue weighted by Crippen LogP contribution is -2.15. The molecule has 0 aliphatic heterocycles. The number of aliphatic hydroxyl groups is 1. The van der Waals surface area contributed by atoms with Crippen LogP contribution < -0.4 is 4.72 Å². The third-order valence-electron chi connectivity index (χ3n) is 0.853. The first-order valence-corrected chi connectivity index (χ1v) is 4.85. The maximum atomic E-state index is 9.57. The zero-order valence-electron chi connectivity index (χ0n) is 7.04. The Bertz CT molecular complexity index is 115. The van der Waals surface area contributed by atoms with Gasteiger partial charge in [-0.25, -0.2) is 13.1 Å². The van der Waals surface area contributed by atoms with Crippen LogP contribution in [0.25, 0.3) is 0 Å².